The summed E-state index contributed by atoms with van der Waals surface area (Å²) in [5, 5.41) is 6.70. The van der Waals surface area contributed by atoms with Crippen molar-refractivity contribution >= 4 is 23.1 Å². The highest BCUT2D eigenvalue weighted by Gasteiger charge is 2.06. The average Bonchev–Trinajstić information content (AvgIpc) is 2.57. The highest BCUT2D eigenvalue weighted by atomic mass is 15.2. The lowest BCUT2D eigenvalue weighted by molar-refractivity contribution is 0.758. The third kappa shape index (κ3) is 4.85. The molecule has 0 bridgehead atoms. The number of anilines is 4. The zero-order valence-corrected chi connectivity index (χ0v) is 15.4. The van der Waals surface area contributed by atoms with Gasteiger partial charge in [-0.25, -0.2) is 4.98 Å². The molecule has 1 atom stereocenters. The highest BCUT2D eigenvalue weighted by Crippen LogP contribution is 2.21. The quantitative estimate of drug-likeness (QED) is 0.743. The third-order valence-corrected chi connectivity index (χ3v) is 4.11. The molecule has 2 aromatic rings. The van der Waals surface area contributed by atoms with Crippen molar-refractivity contribution in [3.8, 4) is 0 Å². The second kappa shape index (κ2) is 8.52. The normalized spacial score (nSPS) is 11.9. The molecule has 2 rings (SSSR count). The molecule has 130 valence electrons. The van der Waals surface area contributed by atoms with E-state index in [4.69, 9.17) is 0 Å². The Morgan fingerprint density at radius 3 is 2.29 bits per heavy atom. The molecule has 0 aliphatic heterocycles. The molecule has 5 heteroatoms. The maximum Gasteiger partial charge on any atom is 0.229 e. The predicted molar refractivity (Wildman–Crippen MR) is 103 cm³/mol. The topological polar surface area (TPSA) is 53.1 Å². The smallest absolute Gasteiger partial charge is 0.229 e. The van der Waals surface area contributed by atoms with E-state index in [-0.39, 0.29) is 0 Å². The zero-order chi connectivity index (χ0) is 17.5. The van der Waals surface area contributed by atoms with E-state index < -0.39 is 0 Å². The van der Waals surface area contributed by atoms with Gasteiger partial charge in [-0.15, -0.1) is 0 Å². The van der Waals surface area contributed by atoms with Crippen LogP contribution in [-0.4, -0.2) is 29.1 Å². The van der Waals surface area contributed by atoms with E-state index in [1.807, 2.05) is 13.0 Å². The standard InChI is InChI=1S/C19H29N5/c1-6-14(4)20-18-13-15(5)21-19(23-18)22-16-9-11-17(12-10-16)24(7-2)8-3/h9-14H,6-8H2,1-5H3,(H2,20,21,22,23). The molecule has 1 heterocycles. The fraction of sp³-hybridized carbons (Fsp3) is 0.474. The van der Waals surface area contributed by atoms with E-state index in [0.717, 1.165) is 36.7 Å². The molecule has 5 nitrogen and oxygen atoms in total. The molecule has 0 fully saturated rings. The van der Waals surface area contributed by atoms with E-state index in [0.29, 0.717) is 12.0 Å². The number of aryl methyl sites for hydroxylation is 1. The number of nitrogens with one attached hydrogen (secondary N) is 2. The van der Waals surface area contributed by atoms with Crippen molar-refractivity contribution < 1.29 is 0 Å². The molecule has 1 aromatic heterocycles. The molecule has 1 unspecified atom stereocenters. The van der Waals surface area contributed by atoms with Crippen LogP contribution in [0.3, 0.4) is 0 Å². The van der Waals surface area contributed by atoms with Crippen molar-refractivity contribution in [2.75, 3.05) is 28.6 Å². The minimum absolute atomic E-state index is 0.389. The SMILES string of the molecule is CCC(C)Nc1cc(C)nc(Nc2ccc(N(CC)CC)cc2)n1. The van der Waals surface area contributed by atoms with Crippen LogP contribution in [0.15, 0.2) is 30.3 Å². The summed E-state index contributed by atoms with van der Waals surface area (Å²) in [7, 11) is 0. The Morgan fingerprint density at radius 2 is 1.71 bits per heavy atom. The number of rotatable bonds is 8. The molecule has 0 aliphatic carbocycles. The van der Waals surface area contributed by atoms with Crippen LogP contribution in [0.5, 0.6) is 0 Å². The van der Waals surface area contributed by atoms with Gasteiger partial charge in [-0.3, -0.25) is 0 Å². The van der Waals surface area contributed by atoms with Gasteiger partial charge in [0, 0.05) is 42.3 Å². The maximum absolute atomic E-state index is 4.56. The summed E-state index contributed by atoms with van der Waals surface area (Å²) in [6.45, 7) is 12.6. The molecule has 0 saturated carbocycles. The lowest BCUT2D eigenvalue weighted by Gasteiger charge is -2.21. The van der Waals surface area contributed by atoms with Crippen molar-refractivity contribution in [2.24, 2.45) is 0 Å². The molecule has 1 aromatic carbocycles. The largest absolute Gasteiger partial charge is 0.372 e. The van der Waals surface area contributed by atoms with Gasteiger partial charge in [0.2, 0.25) is 5.95 Å². The van der Waals surface area contributed by atoms with Gasteiger partial charge in [0.15, 0.2) is 0 Å². The Labute approximate surface area is 145 Å². The molecule has 0 saturated heterocycles. The van der Waals surface area contributed by atoms with E-state index >= 15 is 0 Å². The molecule has 24 heavy (non-hydrogen) atoms. The molecule has 0 spiro atoms. The molecular weight excluding hydrogens is 298 g/mol. The summed E-state index contributed by atoms with van der Waals surface area (Å²) in [4.78, 5) is 11.4. The first kappa shape index (κ1) is 18.0. The van der Waals surface area contributed by atoms with Crippen LogP contribution >= 0.6 is 0 Å². The van der Waals surface area contributed by atoms with Crippen LogP contribution in [0, 0.1) is 6.92 Å². The minimum Gasteiger partial charge on any atom is -0.372 e. The molecule has 0 radical (unpaired) electrons. The van der Waals surface area contributed by atoms with Crippen molar-refractivity contribution in [1.82, 2.24) is 9.97 Å². The zero-order valence-electron chi connectivity index (χ0n) is 15.4. The second-order valence-corrected chi connectivity index (χ2v) is 6.02. The van der Waals surface area contributed by atoms with Gasteiger partial charge in [-0.05, 0) is 58.4 Å². The average molecular weight is 327 g/mol. The second-order valence-electron chi connectivity index (χ2n) is 6.02. The summed E-state index contributed by atoms with van der Waals surface area (Å²) in [5.41, 5.74) is 3.17. The van der Waals surface area contributed by atoms with Crippen molar-refractivity contribution in [2.45, 2.75) is 47.1 Å². The Kier molecular flexibility index (Phi) is 6.41. The fourth-order valence-electron chi connectivity index (χ4n) is 2.53. The van der Waals surface area contributed by atoms with Crippen molar-refractivity contribution in [3.05, 3.63) is 36.0 Å². The summed E-state index contributed by atoms with van der Waals surface area (Å²) in [6, 6.07) is 10.8. The van der Waals surface area contributed by atoms with E-state index in [1.54, 1.807) is 0 Å². The minimum atomic E-state index is 0.389. The Balaban J connectivity index is 2.12. The van der Waals surface area contributed by atoms with Crippen LogP contribution in [0.4, 0.5) is 23.1 Å². The number of benzene rings is 1. The number of aromatic nitrogens is 2. The first-order valence-electron chi connectivity index (χ1n) is 8.79. The monoisotopic (exact) mass is 327 g/mol. The summed E-state index contributed by atoms with van der Waals surface area (Å²) in [6.07, 6.45) is 1.05. The van der Waals surface area contributed by atoms with Crippen molar-refractivity contribution in [1.29, 1.82) is 0 Å². The predicted octanol–water partition coefficient (Wildman–Crippen LogP) is 4.59. The lowest BCUT2D eigenvalue weighted by Crippen LogP contribution is -2.21. The van der Waals surface area contributed by atoms with Crippen LogP contribution in [0.2, 0.25) is 0 Å². The summed E-state index contributed by atoms with van der Waals surface area (Å²) >= 11 is 0. The number of hydrogen-bond donors (Lipinski definition) is 2. The molecule has 0 amide bonds. The van der Waals surface area contributed by atoms with Gasteiger partial charge in [0.05, 0.1) is 0 Å². The molecular formula is C19H29N5. The Morgan fingerprint density at radius 1 is 1.04 bits per heavy atom. The summed E-state index contributed by atoms with van der Waals surface area (Å²) < 4.78 is 0. The van der Waals surface area contributed by atoms with Crippen LogP contribution in [0.1, 0.15) is 39.8 Å². The van der Waals surface area contributed by atoms with Crippen LogP contribution in [0.25, 0.3) is 0 Å². The molecule has 2 N–H and O–H groups in total. The highest BCUT2D eigenvalue weighted by molar-refractivity contribution is 5.60. The van der Waals surface area contributed by atoms with Gasteiger partial charge < -0.3 is 15.5 Å². The van der Waals surface area contributed by atoms with Crippen LogP contribution in [-0.2, 0) is 0 Å². The van der Waals surface area contributed by atoms with Crippen molar-refractivity contribution in [3.63, 3.8) is 0 Å². The number of nitrogens with zero attached hydrogens (tertiary/aromatic N) is 3. The summed E-state index contributed by atoms with van der Waals surface area (Å²) in [5.74, 6) is 1.48. The third-order valence-electron chi connectivity index (χ3n) is 4.11. The van der Waals surface area contributed by atoms with E-state index in [2.05, 4.69) is 77.5 Å². The first-order valence-corrected chi connectivity index (χ1v) is 8.79. The van der Waals surface area contributed by atoms with Gasteiger partial charge in [0.25, 0.3) is 0 Å². The lowest BCUT2D eigenvalue weighted by atomic mass is 10.2. The van der Waals surface area contributed by atoms with Crippen LogP contribution < -0.4 is 15.5 Å². The number of hydrogen-bond acceptors (Lipinski definition) is 5. The molecule has 0 aliphatic rings. The Bertz CT molecular complexity index is 635. The maximum atomic E-state index is 4.56. The fourth-order valence-corrected chi connectivity index (χ4v) is 2.53. The van der Waals surface area contributed by atoms with Gasteiger partial charge in [-0.1, -0.05) is 6.92 Å². The van der Waals surface area contributed by atoms with Gasteiger partial charge >= 0.3 is 0 Å². The van der Waals surface area contributed by atoms with E-state index in [1.165, 1.54) is 5.69 Å². The Hall–Kier alpha value is -2.30. The van der Waals surface area contributed by atoms with Gasteiger partial charge in [-0.2, -0.15) is 4.98 Å². The van der Waals surface area contributed by atoms with Gasteiger partial charge in [0.1, 0.15) is 5.82 Å². The van der Waals surface area contributed by atoms with E-state index in [9.17, 15) is 0 Å². The first-order chi connectivity index (χ1) is 11.5.